The number of carbonyl (C=O) groups is 3. The van der Waals surface area contributed by atoms with Crippen molar-refractivity contribution in [2.24, 2.45) is 12.8 Å². The Kier molecular flexibility index (Phi) is 7.14. The van der Waals surface area contributed by atoms with Gasteiger partial charge in [-0.1, -0.05) is 32.9 Å². The molecule has 0 aliphatic heterocycles. The van der Waals surface area contributed by atoms with Gasteiger partial charge in [-0.2, -0.15) is 5.10 Å². The molecule has 4 N–H and O–H groups in total. The Bertz CT molecular complexity index is 1290. The molecular weight excluding hydrogens is 444 g/mol. The van der Waals surface area contributed by atoms with Gasteiger partial charge in [0.05, 0.1) is 22.4 Å². The number of benzene rings is 2. The molecule has 2 aromatic carbocycles. The molecule has 8 nitrogen and oxygen atoms in total. The third kappa shape index (κ3) is 5.42. The number of carboxylic acid groups (broad SMARTS) is 1. The van der Waals surface area contributed by atoms with Crippen LogP contribution in [-0.4, -0.2) is 32.7 Å². The molecule has 1 unspecified atom stereocenters. The zero-order chi connectivity index (χ0) is 26.1. The Hall–Kier alpha value is -3.94. The lowest BCUT2D eigenvalue weighted by atomic mass is 9.86. The summed E-state index contributed by atoms with van der Waals surface area (Å²) in [5, 5.41) is 16.1. The van der Waals surface area contributed by atoms with Crippen LogP contribution in [0.4, 0.5) is 5.69 Å². The number of hydrogen-bond donors (Lipinski definition) is 3. The predicted octanol–water partition coefficient (Wildman–Crippen LogP) is 4.56. The average molecular weight is 477 g/mol. The molecule has 35 heavy (non-hydrogen) atoms. The van der Waals surface area contributed by atoms with E-state index in [4.69, 9.17) is 10.8 Å². The van der Waals surface area contributed by atoms with Gasteiger partial charge in [0.15, 0.2) is 0 Å². The molecule has 0 saturated carbocycles. The van der Waals surface area contributed by atoms with Crippen LogP contribution in [0.3, 0.4) is 0 Å². The number of primary amides is 1. The minimum atomic E-state index is -1.19. The lowest BCUT2D eigenvalue weighted by Gasteiger charge is -2.19. The van der Waals surface area contributed by atoms with Crippen molar-refractivity contribution in [3.63, 3.8) is 0 Å². The van der Waals surface area contributed by atoms with Crippen LogP contribution < -0.4 is 11.1 Å². The standard InChI is InChI=1S/C21H22N2O4.C6H10N2/c1-11-10-21(2,3)15-5-4-6-16(17(11)15)23-19(25)13-8-7-12(20(26)27)9-14(13)18(22)24;1-5-4-6(2)8(3)7-5/h4-9,11H,10H2,1-3H3,(H2,22,24)(H,23,25)(H,26,27);4H,1-3H3. The number of nitrogens with two attached hydrogens (primary N) is 1. The van der Waals surface area contributed by atoms with E-state index in [1.807, 2.05) is 37.7 Å². The van der Waals surface area contributed by atoms with E-state index in [2.05, 4.69) is 43.3 Å². The first kappa shape index (κ1) is 25.7. The van der Waals surface area contributed by atoms with Crippen molar-refractivity contribution in [1.29, 1.82) is 0 Å². The second-order valence-electron chi connectivity index (χ2n) is 9.69. The fourth-order valence-electron chi connectivity index (χ4n) is 4.78. The van der Waals surface area contributed by atoms with E-state index in [9.17, 15) is 14.4 Å². The summed E-state index contributed by atoms with van der Waals surface area (Å²) in [6, 6.07) is 11.6. The van der Waals surface area contributed by atoms with E-state index in [1.165, 1.54) is 23.4 Å². The summed E-state index contributed by atoms with van der Waals surface area (Å²) in [5.74, 6) is -2.25. The van der Waals surface area contributed by atoms with Gasteiger partial charge in [-0.15, -0.1) is 0 Å². The monoisotopic (exact) mass is 476 g/mol. The maximum Gasteiger partial charge on any atom is 0.335 e. The Morgan fingerprint density at radius 3 is 2.31 bits per heavy atom. The molecule has 0 bridgehead atoms. The van der Waals surface area contributed by atoms with Gasteiger partial charge < -0.3 is 16.2 Å². The van der Waals surface area contributed by atoms with Crippen molar-refractivity contribution in [3.8, 4) is 0 Å². The molecule has 184 valence electrons. The van der Waals surface area contributed by atoms with E-state index >= 15 is 0 Å². The molecule has 1 aromatic heterocycles. The fraction of sp³-hybridized carbons (Fsp3) is 0.333. The minimum absolute atomic E-state index is 0.0248. The third-order valence-electron chi connectivity index (χ3n) is 6.41. The summed E-state index contributed by atoms with van der Waals surface area (Å²) in [6.45, 7) is 10.5. The van der Waals surface area contributed by atoms with Crippen LogP contribution in [0, 0.1) is 13.8 Å². The van der Waals surface area contributed by atoms with Crippen molar-refractivity contribution in [3.05, 3.63) is 81.7 Å². The highest BCUT2D eigenvalue weighted by Gasteiger charge is 2.36. The predicted molar refractivity (Wildman–Crippen MR) is 135 cm³/mol. The first-order valence-electron chi connectivity index (χ1n) is 11.4. The van der Waals surface area contributed by atoms with E-state index in [1.54, 1.807) is 0 Å². The lowest BCUT2D eigenvalue weighted by molar-refractivity contribution is 0.0696. The number of anilines is 1. The fourth-order valence-corrected chi connectivity index (χ4v) is 4.78. The first-order chi connectivity index (χ1) is 16.3. The largest absolute Gasteiger partial charge is 0.478 e. The van der Waals surface area contributed by atoms with Crippen molar-refractivity contribution < 1.29 is 19.5 Å². The Morgan fingerprint density at radius 1 is 1.11 bits per heavy atom. The maximum absolute atomic E-state index is 12.8. The van der Waals surface area contributed by atoms with Gasteiger partial charge in [0.25, 0.3) is 5.91 Å². The number of nitrogens with one attached hydrogen (secondary N) is 1. The van der Waals surface area contributed by atoms with E-state index < -0.39 is 17.8 Å². The van der Waals surface area contributed by atoms with E-state index in [0.717, 1.165) is 23.7 Å². The van der Waals surface area contributed by atoms with Crippen LogP contribution in [0.15, 0.2) is 42.5 Å². The Morgan fingerprint density at radius 2 is 1.80 bits per heavy atom. The van der Waals surface area contributed by atoms with Crippen LogP contribution in [0.1, 0.15) is 86.7 Å². The molecule has 1 aliphatic rings. The van der Waals surface area contributed by atoms with Gasteiger partial charge in [0.1, 0.15) is 0 Å². The topological polar surface area (TPSA) is 127 Å². The van der Waals surface area contributed by atoms with Crippen LogP contribution in [0.2, 0.25) is 0 Å². The number of carbonyl (C=O) groups excluding carboxylic acids is 2. The van der Waals surface area contributed by atoms with Crippen molar-refractivity contribution in [2.75, 3.05) is 5.32 Å². The SMILES string of the molecule is CC1CC(C)(C)c2cccc(NC(=O)c3ccc(C(=O)O)cc3C(N)=O)c21.Cc1cc(C)n(C)n1. The molecule has 1 aliphatic carbocycles. The number of hydrogen-bond acceptors (Lipinski definition) is 4. The number of aromatic carboxylic acids is 1. The summed E-state index contributed by atoms with van der Waals surface area (Å²) in [7, 11) is 1.95. The van der Waals surface area contributed by atoms with Gasteiger partial charge in [-0.25, -0.2) is 4.79 Å². The molecule has 0 spiro atoms. The molecule has 4 rings (SSSR count). The molecule has 0 fully saturated rings. The smallest absolute Gasteiger partial charge is 0.335 e. The number of nitrogens with zero attached hydrogens (tertiary/aromatic N) is 2. The highest BCUT2D eigenvalue weighted by atomic mass is 16.4. The molecule has 0 saturated heterocycles. The molecule has 1 atom stereocenters. The zero-order valence-corrected chi connectivity index (χ0v) is 21.0. The maximum atomic E-state index is 12.8. The second-order valence-corrected chi connectivity index (χ2v) is 9.69. The second kappa shape index (κ2) is 9.74. The van der Waals surface area contributed by atoms with E-state index in [-0.39, 0.29) is 28.0 Å². The molecule has 0 radical (unpaired) electrons. The van der Waals surface area contributed by atoms with Gasteiger partial charge in [0.2, 0.25) is 5.91 Å². The molecule has 2 amide bonds. The summed E-state index contributed by atoms with van der Waals surface area (Å²) in [4.78, 5) is 35.7. The summed E-state index contributed by atoms with van der Waals surface area (Å²) < 4.78 is 1.87. The molecule has 8 heteroatoms. The highest BCUT2D eigenvalue weighted by molar-refractivity contribution is 6.13. The van der Waals surface area contributed by atoms with Crippen molar-refractivity contribution in [2.45, 2.75) is 52.4 Å². The molecular formula is C27H32N4O4. The highest BCUT2D eigenvalue weighted by Crippen LogP contribution is 2.48. The van der Waals surface area contributed by atoms with Crippen molar-refractivity contribution >= 4 is 23.5 Å². The average Bonchev–Trinajstić information content (AvgIpc) is 3.20. The molecule has 3 aromatic rings. The Labute approximate surface area is 205 Å². The first-order valence-corrected chi connectivity index (χ1v) is 11.4. The van der Waals surface area contributed by atoms with Crippen LogP contribution >= 0.6 is 0 Å². The number of amides is 2. The summed E-state index contributed by atoms with van der Waals surface area (Å²) >= 11 is 0. The third-order valence-corrected chi connectivity index (χ3v) is 6.41. The van der Waals surface area contributed by atoms with Crippen LogP contribution in [0.25, 0.3) is 0 Å². The van der Waals surface area contributed by atoms with Gasteiger partial charge in [0, 0.05) is 18.4 Å². The lowest BCUT2D eigenvalue weighted by Crippen LogP contribution is -2.21. The number of aromatic nitrogens is 2. The zero-order valence-electron chi connectivity index (χ0n) is 21.0. The number of fused-ring (bicyclic) bond motifs is 1. The number of rotatable bonds is 4. The van der Waals surface area contributed by atoms with Gasteiger partial charge in [-0.3, -0.25) is 14.3 Å². The number of aryl methyl sites for hydroxylation is 3. The number of carboxylic acids is 1. The minimum Gasteiger partial charge on any atom is -0.478 e. The molecule has 1 heterocycles. The van der Waals surface area contributed by atoms with E-state index in [0.29, 0.717) is 5.69 Å². The van der Waals surface area contributed by atoms with Crippen molar-refractivity contribution in [1.82, 2.24) is 9.78 Å². The van der Waals surface area contributed by atoms with Gasteiger partial charge in [-0.05, 0) is 73.1 Å². The summed E-state index contributed by atoms with van der Waals surface area (Å²) in [6.07, 6.45) is 0.981. The van der Waals surface area contributed by atoms with Gasteiger partial charge >= 0.3 is 5.97 Å². The quantitative estimate of drug-likeness (QED) is 0.509. The van der Waals surface area contributed by atoms with Crippen LogP contribution in [0.5, 0.6) is 0 Å². The summed E-state index contributed by atoms with van der Waals surface area (Å²) in [5.41, 5.74) is 10.5. The normalized spacial score (nSPS) is 15.5. The van der Waals surface area contributed by atoms with Crippen LogP contribution in [-0.2, 0) is 12.5 Å². The Balaban J connectivity index is 0.000000363.